The van der Waals surface area contributed by atoms with Crippen molar-refractivity contribution in [1.29, 1.82) is 0 Å². The highest BCUT2D eigenvalue weighted by Gasteiger charge is 2.40. The number of pyridine rings is 1. The van der Waals surface area contributed by atoms with E-state index in [9.17, 15) is 9.18 Å². The van der Waals surface area contributed by atoms with Crippen LogP contribution >= 0.6 is 0 Å². The molecule has 5 nitrogen and oxygen atoms in total. The number of carbonyl (C=O) groups is 1. The molecule has 1 aromatic carbocycles. The molecule has 2 aromatic rings. The maximum absolute atomic E-state index is 13.0. The molecule has 2 bridgehead atoms. The number of hydrogen-bond donors (Lipinski definition) is 0. The standard InChI is InChI=1S/C21H24FN3O2/c22-17-5-8-20(9-6-17)27-12-11-24-13-16-4-7-19(15-24)25(21(16)26)14-18-3-1-2-10-23-18/h1-3,5-6,8-10,16,19H,4,7,11-15H2/t16-,19+/m0/s1. The average molecular weight is 369 g/mol. The van der Waals surface area contributed by atoms with E-state index in [0.717, 1.165) is 38.2 Å². The number of rotatable bonds is 6. The monoisotopic (exact) mass is 369 g/mol. The fraction of sp³-hybridized carbons (Fsp3) is 0.429. The largest absolute Gasteiger partial charge is 0.492 e. The van der Waals surface area contributed by atoms with Crippen LogP contribution in [0.3, 0.4) is 0 Å². The smallest absolute Gasteiger partial charge is 0.227 e. The van der Waals surface area contributed by atoms with Gasteiger partial charge in [-0.05, 0) is 49.2 Å². The summed E-state index contributed by atoms with van der Waals surface area (Å²) in [7, 11) is 0. The molecule has 2 atom stereocenters. The summed E-state index contributed by atoms with van der Waals surface area (Å²) in [6.45, 7) is 3.51. The van der Waals surface area contributed by atoms with E-state index >= 15 is 0 Å². The second kappa shape index (κ2) is 8.05. The Labute approximate surface area is 158 Å². The van der Waals surface area contributed by atoms with E-state index in [2.05, 4.69) is 9.88 Å². The fourth-order valence-corrected chi connectivity index (χ4v) is 4.01. The van der Waals surface area contributed by atoms with Gasteiger partial charge in [-0.1, -0.05) is 6.07 Å². The summed E-state index contributed by atoms with van der Waals surface area (Å²) in [5.74, 6) is 0.706. The number of nitrogens with zero attached hydrogens (tertiary/aromatic N) is 3. The van der Waals surface area contributed by atoms with Gasteiger partial charge in [0.05, 0.1) is 18.2 Å². The van der Waals surface area contributed by atoms with Gasteiger partial charge in [-0.15, -0.1) is 0 Å². The minimum absolute atomic E-state index is 0.0540. The van der Waals surface area contributed by atoms with Crippen LogP contribution in [0.1, 0.15) is 18.5 Å². The van der Waals surface area contributed by atoms with Gasteiger partial charge in [0.2, 0.25) is 5.91 Å². The first-order chi connectivity index (χ1) is 13.2. The normalized spacial score (nSPS) is 22.7. The van der Waals surface area contributed by atoms with Crippen LogP contribution in [-0.4, -0.2) is 53.0 Å². The first kappa shape index (κ1) is 17.9. The molecule has 27 heavy (non-hydrogen) atoms. The summed E-state index contributed by atoms with van der Waals surface area (Å²) in [5.41, 5.74) is 0.935. The zero-order valence-corrected chi connectivity index (χ0v) is 15.3. The third kappa shape index (κ3) is 4.27. The van der Waals surface area contributed by atoms with Crippen LogP contribution in [0.5, 0.6) is 5.75 Å². The minimum Gasteiger partial charge on any atom is -0.492 e. The highest BCUT2D eigenvalue weighted by Crippen LogP contribution is 2.30. The predicted molar refractivity (Wildman–Crippen MR) is 99.6 cm³/mol. The Morgan fingerprint density at radius 1 is 1.11 bits per heavy atom. The first-order valence-electron chi connectivity index (χ1n) is 9.50. The second-order valence-corrected chi connectivity index (χ2v) is 7.28. The van der Waals surface area contributed by atoms with Crippen molar-refractivity contribution in [2.45, 2.75) is 25.4 Å². The molecule has 3 aliphatic heterocycles. The van der Waals surface area contributed by atoms with Gasteiger partial charge in [-0.25, -0.2) is 4.39 Å². The van der Waals surface area contributed by atoms with Gasteiger partial charge in [0.15, 0.2) is 0 Å². The van der Waals surface area contributed by atoms with Crippen LogP contribution in [0.15, 0.2) is 48.7 Å². The molecule has 3 aliphatic rings. The lowest BCUT2D eigenvalue weighted by Gasteiger charge is -2.35. The summed E-state index contributed by atoms with van der Waals surface area (Å²) in [6, 6.07) is 12.1. The Hall–Kier alpha value is -2.47. The van der Waals surface area contributed by atoms with Gasteiger partial charge in [0.1, 0.15) is 18.2 Å². The Balaban J connectivity index is 1.35. The van der Waals surface area contributed by atoms with Crippen LogP contribution in [0.2, 0.25) is 0 Å². The van der Waals surface area contributed by atoms with Gasteiger partial charge in [-0.2, -0.15) is 0 Å². The number of piperidine rings is 1. The van der Waals surface area contributed by atoms with Gasteiger partial charge in [-0.3, -0.25) is 14.7 Å². The summed E-state index contributed by atoms with van der Waals surface area (Å²) < 4.78 is 18.7. The number of carbonyl (C=O) groups excluding carboxylic acids is 1. The van der Waals surface area contributed by atoms with E-state index in [1.165, 1.54) is 12.1 Å². The third-order valence-corrected chi connectivity index (χ3v) is 5.42. The van der Waals surface area contributed by atoms with Crippen LogP contribution < -0.4 is 4.74 Å². The van der Waals surface area contributed by atoms with E-state index < -0.39 is 0 Å². The molecule has 0 radical (unpaired) electrons. The van der Waals surface area contributed by atoms with Crippen molar-refractivity contribution in [2.24, 2.45) is 5.92 Å². The highest BCUT2D eigenvalue weighted by atomic mass is 19.1. The van der Waals surface area contributed by atoms with E-state index in [4.69, 9.17) is 4.74 Å². The van der Waals surface area contributed by atoms with E-state index in [-0.39, 0.29) is 23.7 Å². The Kier molecular flexibility index (Phi) is 5.34. The number of halogens is 1. The minimum atomic E-state index is -0.266. The van der Waals surface area contributed by atoms with Crippen LogP contribution in [0.25, 0.3) is 0 Å². The fourth-order valence-electron chi connectivity index (χ4n) is 4.01. The molecule has 4 heterocycles. The molecule has 0 saturated carbocycles. The molecule has 3 saturated heterocycles. The zero-order valence-electron chi connectivity index (χ0n) is 15.3. The molecule has 0 spiro atoms. The number of ether oxygens (including phenoxy) is 1. The summed E-state index contributed by atoms with van der Waals surface area (Å²) in [6.07, 6.45) is 3.77. The number of aromatic nitrogens is 1. The lowest BCUT2D eigenvalue weighted by Crippen LogP contribution is -2.47. The number of benzene rings is 1. The van der Waals surface area contributed by atoms with E-state index in [1.54, 1.807) is 18.3 Å². The Morgan fingerprint density at radius 3 is 2.74 bits per heavy atom. The van der Waals surface area contributed by atoms with Crippen molar-refractivity contribution in [1.82, 2.24) is 14.8 Å². The number of amides is 1. The van der Waals surface area contributed by atoms with Crippen molar-refractivity contribution in [3.05, 3.63) is 60.2 Å². The Bertz CT molecular complexity index is 769. The molecular weight excluding hydrogens is 345 g/mol. The van der Waals surface area contributed by atoms with Gasteiger partial charge in [0, 0.05) is 31.9 Å². The topological polar surface area (TPSA) is 45.7 Å². The summed E-state index contributed by atoms with van der Waals surface area (Å²) >= 11 is 0. The maximum atomic E-state index is 13.0. The van der Waals surface area contributed by atoms with Crippen molar-refractivity contribution in [3.8, 4) is 5.75 Å². The average Bonchev–Trinajstić information content (AvgIpc) is 2.96. The molecule has 0 N–H and O–H groups in total. The highest BCUT2D eigenvalue weighted by molar-refractivity contribution is 5.80. The van der Waals surface area contributed by atoms with Crippen molar-refractivity contribution in [2.75, 3.05) is 26.2 Å². The molecule has 1 amide bonds. The summed E-state index contributed by atoms with van der Waals surface area (Å²) in [5, 5.41) is 0. The van der Waals surface area contributed by atoms with Crippen molar-refractivity contribution < 1.29 is 13.9 Å². The number of hydrogen-bond acceptors (Lipinski definition) is 4. The lowest BCUT2D eigenvalue weighted by molar-refractivity contribution is -0.140. The van der Waals surface area contributed by atoms with Gasteiger partial charge < -0.3 is 9.64 Å². The summed E-state index contributed by atoms with van der Waals surface area (Å²) in [4.78, 5) is 21.6. The van der Waals surface area contributed by atoms with Crippen molar-refractivity contribution >= 4 is 5.91 Å². The van der Waals surface area contributed by atoms with E-state index in [0.29, 0.717) is 18.9 Å². The lowest BCUT2D eigenvalue weighted by atomic mass is 9.94. The quantitative estimate of drug-likeness (QED) is 0.786. The molecular formula is C21H24FN3O2. The first-order valence-corrected chi connectivity index (χ1v) is 9.50. The third-order valence-electron chi connectivity index (χ3n) is 5.42. The van der Waals surface area contributed by atoms with Gasteiger partial charge in [0.25, 0.3) is 0 Å². The van der Waals surface area contributed by atoms with Crippen LogP contribution in [0, 0.1) is 11.7 Å². The number of fused-ring (bicyclic) bond motifs is 4. The van der Waals surface area contributed by atoms with Gasteiger partial charge >= 0.3 is 0 Å². The predicted octanol–water partition coefficient (Wildman–Crippen LogP) is 2.72. The maximum Gasteiger partial charge on any atom is 0.227 e. The Morgan fingerprint density at radius 2 is 1.96 bits per heavy atom. The molecule has 0 aliphatic carbocycles. The molecule has 5 rings (SSSR count). The van der Waals surface area contributed by atoms with Crippen LogP contribution in [0.4, 0.5) is 4.39 Å². The SMILES string of the molecule is O=C1[C@H]2CC[C@H](CN(CCOc3ccc(F)cc3)C2)N1Cc1ccccn1. The van der Waals surface area contributed by atoms with Crippen molar-refractivity contribution in [3.63, 3.8) is 0 Å². The van der Waals surface area contributed by atoms with Crippen LogP contribution in [-0.2, 0) is 11.3 Å². The zero-order chi connectivity index (χ0) is 18.6. The molecule has 142 valence electrons. The van der Waals surface area contributed by atoms with E-state index in [1.807, 2.05) is 23.1 Å². The second-order valence-electron chi connectivity index (χ2n) is 7.28. The molecule has 0 unspecified atom stereocenters. The molecule has 1 aromatic heterocycles. The molecule has 3 fully saturated rings. The molecule has 6 heteroatoms.